The van der Waals surface area contributed by atoms with Gasteiger partial charge in [0.25, 0.3) is 5.91 Å². The molecule has 10 nitrogen and oxygen atoms in total. The maximum atomic E-state index is 12.9. The number of amidine groups is 1. The summed E-state index contributed by atoms with van der Waals surface area (Å²) < 4.78 is 0. The summed E-state index contributed by atoms with van der Waals surface area (Å²) >= 11 is 0. The molecule has 0 radical (unpaired) electrons. The van der Waals surface area contributed by atoms with Gasteiger partial charge in [0, 0.05) is 64.1 Å². The molecule has 194 valence electrons. The summed E-state index contributed by atoms with van der Waals surface area (Å²) in [6.07, 6.45) is 7.60. The second-order valence-electron chi connectivity index (χ2n) is 10.1. The fraction of sp³-hybridized carbons (Fsp3) is 0.538. The first-order valence-electron chi connectivity index (χ1n) is 12.8. The van der Waals surface area contributed by atoms with Gasteiger partial charge in [-0.15, -0.1) is 10.2 Å². The van der Waals surface area contributed by atoms with E-state index in [2.05, 4.69) is 45.7 Å². The number of nitrogens with zero attached hydrogens (tertiary/aromatic N) is 7. The van der Waals surface area contributed by atoms with Crippen molar-refractivity contribution in [1.29, 1.82) is 0 Å². The Morgan fingerprint density at radius 2 is 1.89 bits per heavy atom. The van der Waals surface area contributed by atoms with Gasteiger partial charge < -0.3 is 25.8 Å². The summed E-state index contributed by atoms with van der Waals surface area (Å²) in [4.78, 5) is 26.0. The molecule has 3 N–H and O–H groups in total. The molecule has 0 aromatic carbocycles. The number of aromatic nitrogens is 2. The van der Waals surface area contributed by atoms with E-state index in [0.29, 0.717) is 34.8 Å². The van der Waals surface area contributed by atoms with Crippen LogP contribution in [-0.2, 0) is 4.79 Å². The van der Waals surface area contributed by atoms with Crippen LogP contribution in [-0.4, -0.2) is 89.0 Å². The summed E-state index contributed by atoms with van der Waals surface area (Å²) in [7, 11) is 3.51. The zero-order valence-corrected chi connectivity index (χ0v) is 21.9. The molecule has 0 bridgehead atoms. The smallest absolute Gasteiger partial charge is 0.270 e. The van der Waals surface area contributed by atoms with E-state index in [4.69, 9.17) is 10.7 Å². The number of aliphatic imine (C=N–C) groups is 1. The van der Waals surface area contributed by atoms with Gasteiger partial charge in [-0.2, -0.15) is 0 Å². The average Bonchev–Trinajstić information content (AvgIpc) is 3.52. The van der Waals surface area contributed by atoms with E-state index in [9.17, 15) is 4.79 Å². The Labute approximate surface area is 214 Å². The van der Waals surface area contributed by atoms with Crippen LogP contribution in [0.25, 0.3) is 0 Å². The van der Waals surface area contributed by atoms with Crippen LogP contribution in [0.1, 0.15) is 39.5 Å². The van der Waals surface area contributed by atoms with Crippen molar-refractivity contribution in [3.63, 3.8) is 0 Å². The van der Waals surface area contributed by atoms with Crippen LogP contribution in [0.3, 0.4) is 0 Å². The summed E-state index contributed by atoms with van der Waals surface area (Å²) in [5, 5.41) is 11.9. The second kappa shape index (κ2) is 11.1. The number of nitrogens with one attached hydrogen (secondary N) is 1. The second-order valence-corrected chi connectivity index (χ2v) is 10.1. The molecule has 1 aromatic rings. The monoisotopic (exact) mass is 493 g/mol. The molecule has 10 heteroatoms. The number of hydrogen-bond donors (Lipinski definition) is 2. The highest BCUT2D eigenvalue weighted by molar-refractivity contribution is 6.12. The first kappa shape index (κ1) is 25.7. The van der Waals surface area contributed by atoms with Gasteiger partial charge in [0.15, 0.2) is 11.6 Å². The Morgan fingerprint density at radius 3 is 2.44 bits per heavy atom. The number of rotatable bonds is 7. The minimum absolute atomic E-state index is 0.0688. The molecule has 0 spiro atoms. The third-order valence-electron chi connectivity index (χ3n) is 7.07. The average molecular weight is 494 g/mol. The van der Waals surface area contributed by atoms with Crippen molar-refractivity contribution in [3.8, 4) is 0 Å². The van der Waals surface area contributed by atoms with E-state index >= 15 is 0 Å². The predicted molar refractivity (Wildman–Crippen MR) is 144 cm³/mol. The van der Waals surface area contributed by atoms with E-state index in [1.807, 2.05) is 23.1 Å². The van der Waals surface area contributed by atoms with Crippen molar-refractivity contribution >= 4 is 23.4 Å². The van der Waals surface area contributed by atoms with Crippen LogP contribution >= 0.6 is 0 Å². The molecule has 1 aliphatic carbocycles. The first-order valence-corrected chi connectivity index (χ1v) is 12.8. The van der Waals surface area contributed by atoms with E-state index in [1.54, 1.807) is 19.0 Å². The standard InChI is InChI=1S/C26H39N9O/c1-18(2)33-12-14-34(15-13-33)24-11-10-23(30-31-24)28-19(3)29-25-20(17-27)16-22(26(36)32(4)5)35(25)21-8-6-7-9-21/h10-11,16-18,21H,3,6-9,12-15,27H2,1-2,4-5H3,(H,28,30)/b20-17-,29-25+. The number of piperazine rings is 1. The highest BCUT2D eigenvalue weighted by Crippen LogP contribution is 2.34. The molecule has 1 aromatic heterocycles. The molecule has 1 saturated heterocycles. The fourth-order valence-corrected chi connectivity index (χ4v) is 5.03. The quantitative estimate of drug-likeness (QED) is 0.596. The highest BCUT2D eigenvalue weighted by atomic mass is 16.2. The maximum absolute atomic E-state index is 12.9. The largest absolute Gasteiger partial charge is 0.404 e. The van der Waals surface area contributed by atoms with E-state index < -0.39 is 0 Å². The molecule has 2 aliphatic heterocycles. The normalized spacial score (nSPS) is 21.5. The molecule has 4 rings (SSSR count). The zero-order valence-electron chi connectivity index (χ0n) is 21.9. The SMILES string of the molecule is C=C(/N=C1\C(=C/N)C=C(C(=O)N(C)C)N1C1CCCC1)Nc1ccc(N2CCN(C(C)C)CC2)nn1. The van der Waals surface area contributed by atoms with Crippen molar-refractivity contribution in [2.75, 3.05) is 50.5 Å². The van der Waals surface area contributed by atoms with Crippen LogP contribution in [0.2, 0.25) is 0 Å². The Hall–Kier alpha value is -3.40. The van der Waals surface area contributed by atoms with Gasteiger partial charge in [-0.1, -0.05) is 19.4 Å². The van der Waals surface area contributed by atoms with Gasteiger partial charge >= 0.3 is 0 Å². The Morgan fingerprint density at radius 1 is 1.19 bits per heavy atom. The number of likely N-dealkylation sites (N-methyl/N-ethyl adjacent to an activating group) is 1. The van der Waals surface area contributed by atoms with Crippen LogP contribution in [0.5, 0.6) is 0 Å². The maximum Gasteiger partial charge on any atom is 0.270 e. The number of carbonyl (C=O) groups excluding carboxylic acids is 1. The third kappa shape index (κ3) is 5.53. The highest BCUT2D eigenvalue weighted by Gasteiger charge is 2.37. The molecule has 3 aliphatic rings. The van der Waals surface area contributed by atoms with Gasteiger partial charge in [0.1, 0.15) is 17.4 Å². The van der Waals surface area contributed by atoms with E-state index in [1.165, 1.54) is 6.20 Å². The first-order chi connectivity index (χ1) is 17.3. The molecular formula is C26H39N9O. The van der Waals surface area contributed by atoms with Crippen molar-refractivity contribution in [2.45, 2.75) is 51.6 Å². The van der Waals surface area contributed by atoms with E-state index in [0.717, 1.165) is 57.7 Å². The lowest BCUT2D eigenvalue weighted by atomic mass is 10.2. The van der Waals surface area contributed by atoms with Gasteiger partial charge in [-0.25, -0.2) is 4.99 Å². The van der Waals surface area contributed by atoms with Gasteiger partial charge in [-0.05, 0) is 44.9 Å². The molecule has 36 heavy (non-hydrogen) atoms. The third-order valence-corrected chi connectivity index (χ3v) is 7.07. The number of hydrogen-bond acceptors (Lipinski definition) is 8. The van der Waals surface area contributed by atoms with Crippen LogP contribution in [0.4, 0.5) is 11.6 Å². The van der Waals surface area contributed by atoms with Gasteiger partial charge in [-0.3, -0.25) is 9.69 Å². The van der Waals surface area contributed by atoms with Crippen LogP contribution in [0.15, 0.2) is 53.1 Å². The predicted octanol–water partition coefficient (Wildman–Crippen LogP) is 2.36. The summed E-state index contributed by atoms with van der Waals surface area (Å²) in [5.74, 6) is 2.41. The lowest BCUT2D eigenvalue weighted by molar-refractivity contribution is -0.126. The number of amides is 1. The Balaban J connectivity index is 1.47. The number of nitrogens with two attached hydrogens (primary N) is 1. The van der Waals surface area contributed by atoms with Gasteiger partial charge in [0.2, 0.25) is 0 Å². The molecule has 0 unspecified atom stereocenters. The van der Waals surface area contributed by atoms with Crippen molar-refractivity contribution in [1.82, 2.24) is 24.9 Å². The minimum Gasteiger partial charge on any atom is -0.404 e. The molecule has 0 atom stereocenters. The zero-order chi connectivity index (χ0) is 25.8. The van der Waals surface area contributed by atoms with Crippen LogP contribution in [0, 0.1) is 0 Å². The van der Waals surface area contributed by atoms with Crippen LogP contribution < -0.4 is 16.0 Å². The number of anilines is 2. The summed E-state index contributed by atoms with van der Waals surface area (Å²) in [6.45, 7) is 12.5. The van der Waals surface area contributed by atoms with Gasteiger partial charge in [0.05, 0.1) is 0 Å². The molecule has 1 saturated carbocycles. The van der Waals surface area contributed by atoms with E-state index in [-0.39, 0.29) is 11.9 Å². The summed E-state index contributed by atoms with van der Waals surface area (Å²) in [5.41, 5.74) is 7.25. The Kier molecular flexibility index (Phi) is 7.93. The lowest BCUT2D eigenvalue weighted by Gasteiger charge is -2.37. The summed E-state index contributed by atoms with van der Waals surface area (Å²) in [6, 6.07) is 4.63. The Bertz CT molecular complexity index is 1040. The lowest BCUT2D eigenvalue weighted by Crippen LogP contribution is -2.49. The van der Waals surface area contributed by atoms with Crippen molar-refractivity contribution < 1.29 is 4.79 Å². The molecule has 2 fully saturated rings. The fourth-order valence-electron chi connectivity index (χ4n) is 5.03. The number of carbonyl (C=O) groups is 1. The molecule has 1 amide bonds. The van der Waals surface area contributed by atoms with Crippen molar-refractivity contribution in [2.24, 2.45) is 10.7 Å². The molecule has 3 heterocycles. The minimum atomic E-state index is -0.0688. The topological polar surface area (TPSA) is 106 Å². The van der Waals surface area contributed by atoms with Crippen molar-refractivity contribution in [3.05, 3.63) is 48.1 Å². The molecular weight excluding hydrogens is 454 g/mol.